The quantitative estimate of drug-likeness (QED) is 0.285. The van der Waals surface area contributed by atoms with Crippen LogP contribution in [0, 0.1) is 21.7 Å². The Balaban J connectivity index is 2.06. The van der Waals surface area contributed by atoms with Crippen molar-refractivity contribution in [3.8, 4) is 5.75 Å². The Labute approximate surface area is 123 Å². The van der Waals surface area contributed by atoms with E-state index in [0.717, 1.165) is 24.3 Å². The van der Waals surface area contributed by atoms with Crippen LogP contribution in [-0.4, -0.2) is 10.9 Å². The van der Waals surface area contributed by atoms with Crippen molar-refractivity contribution in [1.82, 2.24) is 0 Å². The summed E-state index contributed by atoms with van der Waals surface area (Å²) in [7, 11) is 0. The van der Waals surface area contributed by atoms with Crippen molar-refractivity contribution in [2.24, 2.45) is 0 Å². The van der Waals surface area contributed by atoms with E-state index < -0.39 is 22.5 Å². The second-order valence-corrected chi connectivity index (χ2v) is 4.18. The van der Waals surface area contributed by atoms with Gasteiger partial charge in [0, 0.05) is 24.3 Å². The molecule has 0 fully saturated rings. The Morgan fingerprint density at radius 3 is 2.59 bits per heavy atom. The van der Waals surface area contributed by atoms with E-state index in [1.54, 1.807) is 6.07 Å². The maximum absolute atomic E-state index is 13.0. The molecule has 0 N–H and O–H groups in total. The zero-order chi connectivity index (χ0) is 16.1. The molecule has 0 saturated heterocycles. The minimum absolute atomic E-state index is 0.115. The van der Waals surface area contributed by atoms with Gasteiger partial charge >= 0.3 is 5.97 Å². The van der Waals surface area contributed by atoms with Gasteiger partial charge in [-0.05, 0) is 23.8 Å². The molecule has 0 spiro atoms. The molecule has 0 radical (unpaired) electrons. The topological polar surface area (TPSA) is 69.4 Å². The van der Waals surface area contributed by atoms with Crippen LogP contribution in [0.15, 0.2) is 48.5 Å². The van der Waals surface area contributed by atoms with Gasteiger partial charge in [-0.25, -0.2) is 13.6 Å². The lowest BCUT2D eigenvalue weighted by Gasteiger charge is -2.01. The molecule has 0 bridgehead atoms. The van der Waals surface area contributed by atoms with Gasteiger partial charge in [-0.1, -0.05) is 12.1 Å². The van der Waals surface area contributed by atoms with Gasteiger partial charge in [0.05, 0.1) is 4.92 Å². The van der Waals surface area contributed by atoms with Crippen molar-refractivity contribution in [2.75, 3.05) is 0 Å². The third kappa shape index (κ3) is 3.95. The highest BCUT2D eigenvalue weighted by Crippen LogP contribution is 2.17. The molecule has 2 aromatic carbocycles. The monoisotopic (exact) mass is 305 g/mol. The number of rotatable bonds is 4. The molecule has 7 heteroatoms. The first-order valence-electron chi connectivity index (χ1n) is 6.05. The fraction of sp³-hybridized carbons (Fsp3) is 0. The minimum Gasteiger partial charge on any atom is -0.423 e. The van der Waals surface area contributed by atoms with Crippen LogP contribution < -0.4 is 4.74 Å². The fourth-order valence-electron chi connectivity index (χ4n) is 1.60. The highest BCUT2D eigenvalue weighted by Gasteiger charge is 2.07. The van der Waals surface area contributed by atoms with E-state index in [0.29, 0.717) is 5.56 Å². The Bertz CT molecular complexity index is 759. The number of hydrogen-bond donors (Lipinski definition) is 0. The normalized spacial score (nSPS) is 10.6. The van der Waals surface area contributed by atoms with E-state index in [2.05, 4.69) is 0 Å². The van der Waals surface area contributed by atoms with E-state index in [-0.39, 0.29) is 11.4 Å². The van der Waals surface area contributed by atoms with E-state index >= 15 is 0 Å². The Hall–Kier alpha value is -3.09. The summed E-state index contributed by atoms with van der Waals surface area (Å²) in [6.45, 7) is 0. The summed E-state index contributed by atoms with van der Waals surface area (Å²) in [5, 5.41) is 10.6. The van der Waals surface area contributed by atoms with Crippen molar-refractivity contribution in [3.63, 3.8) is 0 Å². The molecule has 0 aromatic heterocycles. The molecule has 112 valence electrons. The summed E-state index contributed by atoms with van der Waals surface area (Å²) in [5.74, 6) is -3.15. The Morgan fingerprint density at radius 2 is 1.91 bits per heavy atom. The lowest BCUT2D eigenvalue weighted by molar-refractivity contribution is -0.384. The molecular weight excluding hydrogens is 296 g/mol. The first kappa shape index (κ1) is 15.3. The molecular formula is C15H9F2NO4. The molecule has 0 saturated carbocycles. The lowest BCUT2D eigenvalue weighted by atomic mass is 10.2. The maximum atomic E-state index is 13.0. The van der Waals surface area contributed by atoms with E-state index in [9.17, 15) is 23.7 Å². The predicted octanol–water partition coefficient (Wildman–Crippen LogP) is 3.49. The van der Waals surface area contributed by atoms with Gasteiger partial charge in [-0.15, -0.1) is 0 Å². The maximum Gasteiger partial charge on any atom is 0.336 e. The first-order chi connectivity index (χ1) is 10.5. The van der Waals surface area contributed by atoms with Gasteiger partial charge in [0.15, 0.2) is 11.6 Å². The number of halogens is 2. The third-order valence-electron chi connectivity index (χ3n) is 2.60. The number of esters is 1. The van der Waals surface area contributed by atoms with Crippen LogP contribution in [0.1, 0.15) is 5.56 Å². The molecule has 0 amide bonds. The number of hydrogen-bond acceptors (Lipinski definition) is 4. The van der Waals surface area contributed by atoms with E-state index in [1.807, 2.05) is 0 Å². The zero-order valence-corrected chi connectivity index (χ0v) is 11.0. The summed E-state index contributed by atoms with van der Waals surface area (Å²) in [5.41, 5.74) is 0.313. The number of nitro groups is 1. The standard InChI is InChI=1S/C15H9F2NO4/c16-13-6-5-12(9-14(13)17)22-15(19)7-4-10-2-1-3-11(8-10)18(20)21/h1-9H/b7-4+. The molecule has 0 atom stereocenters. The molecule has 0 aliphatic rings. The second kappa shape index (κ2) is 6.57. The average molecular weight is 305 g/mol. The van der Waals surface area contributed by atoms with Gasteiger partial charge in [-0.2, -0.15) is 0 Å². The summed E-state index contributed by atoms with van der Waals surface area (Å²) >= 11 is 0. The average Bonchev–Trinajstić information content (AvgIpc) is 2.49. The lowest BCUT2D eigenvalue weighted by Crippen LogP contribution is -2.04. The molecule has 0 heterocycles. The van der Waals surface area contributed by atoms with Crippen LogP contribution >= 0.6 is 0 Å². The Kier molecular flexibility index (Phi) is 4.57. The van der Waals surface area contributed by atoms with Gasteiger partial charge in [0.25, 0.3) is 5.69 Å². The van der Waals surface area contributed by atoms with Crippen LogP contribution in [-0.2, 0) is 4.79 Å². The minimum atomic E-state index is -1.13. The predicted molar refractivity (Wildman–Crippen MR) is 74.1 cm³/mol. The van der Waals surface area contributed by atoms with Gasteiger partial charge < -0.3 is 4.74 Å². The SMILES string of the molecule is O=C(/C=C/c1cccc([N+](=O)[O-])c1)Oc1ccc(F)c(F)c1. The summed E-state index contributed by atoms with van der Waals surface area (Å²) < 4.78 is 30.5. The molecule has 5 nitrogen and oxygen atoms in total. The Morgan fingerprint density at radius 1 is 1.14 bits per heavy atom. The number of nitrogens with zero attached hydrogens (tertiary/aromatic N) is 1. The van der Waals surface area contributed by atoms with Crippen LogP contribution in [0.25, 0.3) is 6.08 Å². The van der Waals surface area contributed by atoms with Crippen LogP contribution in [0.5, 0.6) is 5.75 Å². The number of non-ortho nitro benzene ring substituents is 1. The number of carbonyl (C=O) groups excluding carboxylic acids is 1. The smallest absolute Gasteiger partial charge is 0.336 e. The van der Waals surface area contributed by atoms with Crippen molar-refractivity contribution < 1.29 is 23.2 Å². The van der Waals surface area contributed by atoms with Crippen molar-refractivity contribution >= 4 is 17.7 Å². The zero-order valence-electron chi connectivity index (χ0n) is 11.0. The summed E-state index contributed by atoms with van der Waals surface area (Å²) in [4.78, 5) is 21.6. The number of benzene rings is 2. The van der Waals surface area contributed by atoms with Crippen molar-refractivity contribution in [2.45, 2.75) is 0 Å². The fourth-order valence-corrected chi connectivity index (χ4v) is 1.60. The number of nitro benzene ring substituents is 1. The van der Waals surface area contributed by atoms with Crippen LogP contribution in [0.3, 0.4) is 0 Å². The second-order valence-electron chi connectivity index (χ2n) is 4.18. The molecule has 22 heavy (non-hydrogen) atoms. The first-order valence-corrected chi connectivity index (χ1v) is 6.05. The largest absolute Gasteiger partial charge is 0.423 e. The molecule has 2 rings (SSSR count). The molecule has 0 aliphatic carbocycles. The summed E-state index contributed by atoms with van der Waals surface area (Å²) in [6, 6.07) is 8.32. The number of carbonyl (C=O) groups is 1. The van der Waals surface area contributed by atoms with Crippen LogP contribution in [0.4, 0.5) is 14.5 Å². The molecule has 0 aliphatic heterocycles. The molecule has 0 unspecified atom stereocenters. The number of ether oxygens (including phenoxy) is 1. The van der Waals surface area contributed by atoms with E-state index in [4.69, 9.17) is 4.74 Å². The highest BCUT2D eigenvalue weighted by atomic mass is 19.2. The highest BCUT2D eigenvalue weighted by molar-refractivity contribution is 5.88. The summed E-state index contributed by atoms with van der Waals surface area (Å²) in [6.07, 6.45) is 2.34. The molecule has 2 aromatic rings. The van der Waals surface area contributed by atoms with E-state index in [1.165, 1.54) is 24.3 Å². The van der Waals surface area contributed by atoms with Gasteiger partial charge in [0.1, 0.15) is 5.75 Å². The van der Waals surface area contributed by atoms with Crippen LogP contribution in [0.2, 0.25) is 0 Å². The van der Waals surface area contributed by atoms with Crippen molar-refractivity contribution in [3.05, 3.63) is 75.9 Å². The van der Waals surface area contributed by atoms with Crippen molar-refractivity contribution in [1.29, 1.82) is 0 Å². The van der Waals surface area contributed by atoms with Gasteiger partial charge in [-0.3, -0.25) is 10.1 Å². The van der Waals surface area contributed by atoms with Gasteiger partial charge in [0.2, 0.25) is 0 Å². The third-order valence-corrected chi connectivity index (χ3v) is 2.60.